The summed E-state index contributed by atoms with van der Waals surface area (Å²) in [6.07, 6.45) is -7.61. The molecule has 0 saturated carbocycles. The molecular weight excluding hydrogens is 1010 g/mol. The smallest absolute Gasteiger partial charge is 0.399 e. The highest BCUT2D eigenvalue weighted by Crippen LogP contribution is 2.35. The molecule has 14 nitrogen and oxygen atoms in total. The second-order valence-electron chi connectivity index (χ2n) is 16.8. The first-order valence-electron chi connectivity index (χ1n) is 22.3. The number of para-hydroxylation sites is 2. The van der Waals surface area contributed by atoms with Crippen molar-refractivity contribution in [3.05, 3.63) is 191 Å². The summed E-state index contributed by atoms with van der Waals surface area (Å²) in [6.45, 7) is 3.73. The van der Waals surface area contributed by atoms with Crippen molar-refractivity contribution in [3.8, 4) is 33.9 Å². The highest BCUT2D eigenvalue weighted by Gasteiger charge is 2.36. The normalized spacial score (nSPS) is 12.6. The number of aryl methyl sites for hydroxylation is 4. The summed E-state index contributed by atoms with van der Waals surface area (Å²) >= 11 is 0. The quantitative estimate of drug-likeness (QED) is 0.0757. The number of halogens is 6. The molecule has 6 aromatic carbocycles. The van der Waals surface area contributed by atoms with Gasteiger partial charge in [-0.25, -0.2) is 36.1 Å². The lowest BCUT2D eigenvalue weighted by Gasteiger charge is -2.15. The van der Waals surface area contributed by atoms with E-state index >= 15 is 0 Å². The minimum absolute atomic E-state index is 0.0983. The largest absolute Gasteiger partial charge is 0.435 e. The number of hydrogen-bond acceptors (Lipinski definition) is 9. The van der Waals surface area contributed by atoms with Crippen molar-refractivity contribution >= 4 is 43.2 Å². The number of hydrogen-bond donors (Lipinski definition) is 4. The molecule has 384 valence electrons. The zero-order valence-corrected chi connectivity index (χ0v) is 40.9. The number of nitrogens with two attached hydrogens (primary N) is 2. The molecule has 2 amide bonds. The number of primary sulfonamides is 1. The van der Waals surface area contributed by atoms with Gasteiger partial charge in [-0.3, -0.25) is 9.59 Å². The fourth-order valence-electron chi connectivity index (χ4n) is 7.43. The molecule has 0 bridgehead atoms. The first-order chi connectivity index (χ1) is 34.9. The van der Waals surface area contributed by atoms with Gasteiger partial charge in [-0.1, -0.05) is 96.1 Å². The lowest BCUT2D eigenvalue weighted by molar-refractivity contribution is -0.142. The van der Waals surface area contributed by atoms with Gasteiger partial charge in [-0.2, -0.15) is 36.5 Å². The van der Waals surface area contributed by atoms with Crippen LogP contribution in [0.1, 0.15) is 46.5 Å². The van der Waals surface area contributed by atoms with Gasteiger partial charge in [-0.15, -0.1) is 0 Å². The molecule has 8 aromatic rings. The maximum absolute atomic E-state index is 13.4. The third-order valence-electron chi connectivity index (χ3n) is 11.3. The lowest BCUT2D eigenvalue weighted by atomic mass is 10.0. The number of rotatable bonds is 10. The number of fused-ring (bicyclic) bond motifs is 1. The fraction of sp³-hybridized carbons (Fsp3) is 0.154. The molecular formula is C52H46F6N8O6S2. The fourth-order valence-corrected chi connectivity index (χ4v) is 8.96. The molecule has 0 fully saturated rings. The van der Waals surface area contributed by atoms with Gasteiger partial charge in [0.25, 0.3) is 10.0 Å². The van der Waals surface area contributed by atoms with E-state index in [9.17, 15) is 52.8 Å². The number of anilines is 2. The predicted molar refractivity (Wildman–Crippen MR) is 267 cm³/mol. The Morgan fingerprint density at radius 1 is 0.635 bits per heavy atom. The number of carbonyl (C=O) groups excluding carboxylic acids is 2. The maximum atomic E-state index is 13.4. The van der Waals surface area contributed by atoms with Gasteiger partial charge in [0.1, 0.15) is 0 Å². The van der Waals surface area contributed by atoms with Crippen LogP contribution >= 0.6 is 0 Å². The van der Waals surface area contributed by atoms with Crippen LogP contribution in [0.15, 0.2) is 168 Å². The van der Waals surface area contributed by atoms with E-state index in [0.29, 0.717) is 23.2 Å². The molecule has 3 heterocycles. The van der Waals surface area contributed by atoms with Crippen LogP contribution in [-0.2, 0) is 54.8 Å². The molecule has 0 atom stereocenters. The van der Waals surface area contributed by atoms with Crippen molar-refractivity contribution in [1.82, 2.24) is 24.3 Å². The summed E-state index contributed by atoms with van der Waals surface area (Å²) in [7, 11) is -8.10. The molecule has 9 rings (SSSR count). The van der Waals surface area contributed by atoms with E-state index in [-0.39, 0.29) is 51.3 Å². The average Bonchev–Trinajstić information content (AvgIpc) is 4.02. The van der Waals surface area contributed by atoms with Crippen LogP contribution in [0.5, 0.6) is 0 Å². The van der Waals surface area contributed by atoms with Gasteiger partial charge in [0, 0.05) is 35.3 Å². The van der Waals surface area contributed by atoms with Crippen molar-refractivity contribution in [3.63, 3.8) is 0 Å². The molecule has 0 spiro atoms. The van der Waals surface area contributed by atoms with Crippen molar-refractivity contribution in [2.75, 3.05) is 11.1 Å². The number of alkyl halides is 6. The lowest BCUT2D eigenvalue weighted by Crippen LogP contribution is -2.30. The zero-order chi connectivity index (χ0) is 53.6. The van der Waals surface area contributed by atoms with Gasteiger partial charge in [0.15, 0.2) is 11.4 Å². The first kappa shape index (κ1) is 53.7. The van der Waals surface area contributed by atoms with Gasteiger partial charge >= 0.3 is 12.4 Å². The Balaban J connectivity index is 0.000000185. The molecule has 0 aliphatic carbocycles. The van der Waals surface area contributed by atoms with Crippen LogP contribution in [0.25, 0.3) is 33.9 Å². The summed E-state index contributed by atoms with van der Waals surface area (Å²) in [6, 6.07) is 40.8. The minimum atomic E-state index is -4.66. The molecule has 0 radical (unpaired) electrons. The molecule has 1 aliphatic rings. The molecule has 1 aliphatic heterocycles. The number of nitrogens with zero attached hydrogens (tertiary/aromatic N) is 4. The van der Waals surface area contributed by atoms with Gasteiger partial charge in [0.2, 0.25) is 21.8 Å². The van der Waals surface area contributed by atoms with Crippen molar-refractivity contribution in [2.24, 2.45) is 5.14 Å². The third kappa shape index (κ3) is 13.5. The second-order valence-corrected chi connectivity index (χ2v) is 20.1. The highest BCUT2D eigenvalue weighted by atomic mass is 32.2. The van der Waals surface area contributed by atoms with Gasteiger partial charge in [0.05, 0.1) is 32.6 Å². The van der Waals surface area contributed by atoms with E-state index in [1.807, 2.05) is 36.8 Å². The number of amides is 2. The molecule has 6 N–H and O–H groups in total. The number of benzene rings is 6. The number of carbonyl (C=O) groups is 2. The minimum Gasteiger partial charge on any atom is -0.399 e. The number of nitrogen functional groups attached to an aromatic ring is 1. The monoisotopic (exact) mass is 1060 g/mol. The highest BCUT2D eigenvalue weighted by molar-refractivity contribution is 7.90. The topological polar surface area (TPSA) is 214 Å². The Morgan fingerprint density at radius 2 is 1.09 bits per heavy atom. The van der Waals surface area contributed by atoms with Crippen LogP contribution in [0.4, 0.5) is 37.7 Å². The van der Waals surface area contributed by atoms with Crippen molar-refractivity contribution < 1.29 is 52.8 Å². The van der Waals surface area contributed by atoms with E-state index in [0.717, 1.165) is 50.3 Å². The summed E-state index contributed by atoms with van der Waals surface area (Å²) < 4.78 is 132. The molecule has 74 heavy (non-hydrogen) atoms. The Kier molecular flexibility index (Phi) is 15.9. The van der Waals surface area contributed by atoms with Crippen molar-refractivity contribution in [2.45, 2.75) is 61.7 Å². The van der Waals surface area contributed by atoms with E-state index in [1.165, 1.54) is 54.1 Å². The Labute approximate surface area is 421 Å². The third-order valence-corrected chi connectivity index (χ3v) is 13.7. The molecule has 0 unspecified atom stereocenters. The number of aromatic nitrogens is 4. The van der Waals surface area contributed by atoms with Crippen LogP contribution in [0.2, 0.25) is 0 Å². The van der Waals surface area contributed by atoms with E-state index in [1.54, 1.807) is 72.8 Å². The molecule has 22 heteroatoms. The summed E-state index contributed by atoms with van der Waals surface area (Å²) in [4.78, 5) is 22.8. The predicted octanol–water partition coefficient (Wildman–Crippen LogP) is 9.97. The molecule has 2 aromatic heterocycles. The van der Waals surface area contributed by atoms with Crippen LogP contribution in [-0.4, -0.2) is 48.2 Å². The maximum Gasteiger partial charge on any atom is 0.435 e. The van der Waals surface area contributed by atoms with Crippen molar-refractivity contribution in [1.29, 1.82) is 0 Å². The standard InChI is InChI=1S/C26H23F3N4O3S.C17H14F3N3O2S.C9H9NO/c1-17-6-8-19(9-7-17)23-16-24(26(27,28)29)31-33(23)20-11-13-21(14-12-20)37(35,36)32-25(34)15-10-18-4-2-3-5-22(18)30;1-11-2-4-12(5-3-11)15-10-16(17(18,19)20)22-23(15)13-6-8-14(9-7-13)26(21,24)25;11-9-6-5-7-3-1-2-4-8(7)10-9/h2-9,11-14,16H,10,15,30H2,1H3,(H,32,34);2-10H,1H3,(H2,21,24,25);1-4H,5-6H2,(H,10,11). The van der Waals surface area contributed by atoms with Crippen LogP contribution in [0, 0.1) is 13.8 Å². The Bertz CT molecular complexity index is 3530. The zero-order valence-electron chi connectivity index (χ0n) is 39.3. The average molecular weight is 1060 g/mol. The second kappa shape index (κ2) is 22.0. The number of nitrogens with one attached hydrogen (secondary N) is 2. The molecule has 0 saturated heterocycles. The summed E-state index contributed by atoms with van der Waals surface area (Å²) in [5.74, 6) is -0.584. The van der Waals surface area contributed by atoms with E-state index < -0.39 is 49.7 Å². The number of sulfonamides is 2. The summed E-state index contributed by atoms with van der Waals surface area (Å²) in [5.41, 5.74) is 11.1. The van der Waals surface area contributed by atoms with E-state index in [4.69, 9.17) is 10.9 Å². The summed E-state index contributed by atoms with van der Waals surface area (Å²) in [5, 5.41) is 15.2. The SMILES string of the molecule is Cc1ccc(-c2cc(C(F)(F)F)nn2-c2ccc(S(=O)(=O)NC(=O)CCc3ccccc3N)cc2)cc1.Cc1ccc(-c2cc(C(F)(F)F)nn2-c2ccc(S(N)(=O)=O)cc2)cc1.O=C1CCc2ccccc2N1. The Morgan fingerprint density at radius 3 is 1.57 bits per heavy atom. The van der Waals surface area contributed by atoms with E-state index in [2.05, 4.69) is 21.6 Å². The van der Waals surface area contributed by atoms with Crippen LogP contribution in [0.3, 0.4) is 0 Å². The van der Waals surface area contributed by atoms with Gasteiger partial charge < -0.3 is 11.1 Å². The first-order valence-corrected chi connectivity index (χ1v) is 25.4. The van der Waals surface area contributed by atoms with Crippen LogP contribution < -0.4 is 20.9 Å². The van der Waals surface area contributed by atoms with Gasteiger partial charge in [-0.05, 0) is 111 Å². The Hall–Kier alpha value is -8.08.